The highest BCUT2D eigenvalue weighted by Gasteiger charge is 2.17. The van der Waals surface area contributed by atoms with Gasteiger partial charge in [0.15, 0.2) is 5.16 Å². The predicted molar refractivity (Wildman–Crippen MR) is 166 cm³/mol. The molecule has 11 heteroatoms. The second-order valence-electron chi connectivity index (χ2n) is 9.19. The number of ether oxygens (including phenoxy) is 3. The van der Waals surface area contributed by atoms with Crippen molar-refractivity contribution in [2.75, 3.05) is 25.8 Å². The second kappa shape index (κ2) is 13.1. The number of amides is 2. The van der Waals surface area contributed by atoms with Gasteiger partial charge in [-0.15, -0.1) is 0 Å². The van der Waals surface area contributed by atoms with Gasteiger partial charge in [0.1, 0.15) is 23.0 Å². The molecule has 1 heterocycles. The number of urea groups is 1. The average Bonchev–Trinajstić information content (AvgIpc) is 3.03. The van der Waals surface area contributed by atoms with E-state index in [-0.39, 0.29) is 5.62 Å². The fraction of sp³-hybridized carbons (Fsp3) is 0.125. The zero-order chi connectivity index (χ0) is 30.3. The van der Waals surface area contributed by atoms with E-state index < -0.39 is 11.7 Å². The highest BCUT2D eigenvalue weighted by atomic mass is 32.2. The van der Waals surface area contributed by atoms with Crippen LogP contribution in [0, 0.1) is 6.92 Å². The number of para-hydroxylation sites is 1. The smallest absolute Gasteiger partial charge is 0.348 e. The number of aryl methyl sites for hydroxylation is 1. The van der Waals surface area contributed by atoms with Crippen LogP contribution >= 0.6 is 11.8 Å². The molecule has 2 amide bonds. The lowest BCUT2D eigenvalue weighted by Crippen LogP contribution is -2.42. The molecule has 0 fully saturated rings. The number of rotatable bonds is 8. The molecule has 5 aromatic rings. The number of thioether (sulfide) groups is 1. The molecule has 0 aliphatic rings. The van der Waals surface area contributed by atoms with E-state index in [1.807, 2.05) is 49.4 Å². The summed E-state index contributed by atoms with van der Waals surface area (Å²) in [6.45, 7) is 1.91. The van der Waals surface area contributed by atoms with Crippen LogP contribution in [0.4, 0.5) is 10.5 Å². The molecule has 0 aliphatic carbocycles. The van der Waals surface area contributed by atoms with Gasteiger partial charge in [0.05, 0.1) is 25.6 Å². The minimum absolute atomic E-state index is 0.0810. The van der Waals surface area contributed by atoms with Gasteiger partial charge in [-0.25, -0.2) is 18.7 Å². The Morgan fingerprint density at radius 2 is 1.44 bits per heavy atom. The van der Waals surface area contributed by atoms with Gasteiger partial charge < -0.3 is 19.5 Å². The van der Waals surface area contributed by atoms with Crippen molar-refractivity contribution in [3.05, 3.63) is 119 Å². The van der Waals surface area contributed by atoms with E-state index in [0.717, 1.165) is 5.56 Å². The molecule has 0 unspecified atom stereocenters. The first-order chi connectivity index (χ1) is 20.9. The van der Waals surface area contributed by atoms with Crippen LogP contribution in [0.1, 0.15) is 5.56 Å². The Morgan fingerprint density at radius 1 is 0.814 bits per heavy atom. The number of benzene rings is 4. The van der Waals surface area contributed by atoms with Crippen LogP contribution in [0.5, 0.6) is 23.0 Å². The fourth-order valence-corrected chi connectivity index (χ4v) is 4.80. The molecule has 4 aromatic carbocycles. The molecule has 5 rings (SSSR count). The van der Waals surface area contributed by atoms with E-state index in [0.29, 0.717) is 45.2 Å². The van der Waals surface area contributed by atoms with Gasteiger partial charge >= 0.3 is 11.7 Å². The Labute approximate surface area is 252 Å². The third-order valence-electron chi connectivity index (χ3n) is 6.41. The maximum atomic E-state index is 14.2. The number of hydrogen-bond donors (Lipinski definition) is 1. The number of aromatic nitrogens is 3. The van der Waals surface area contributed by atoms with E-state index in [1.54, 1.807) is 75.1 Å². The Morgan fingerprint density at radius 3 is 2.05 bits per heavy atom. The van der Waals surface area contributed by atoms with Crippen molar-refractivity contribution in [2.24, 2.45) is 4.99 Å². The zero-order valence-electron chi connectivity index (χ0n) is 24.0. The van der Waals surface area contributed by atoms with Crippen LogP contribution in [0.2, 0.25) is 0 Å². The molecule has 0 saturated heterocycles. The number of hydrogen-bond acceptors (Lipinski definition) is 7. The van der Waals surface area contributed by atoms with Crippen molar-refractivity contribution in [3.8, 4) is 34.4 Å². The largest absolute Gasteiger partial charge is 0.497 e. The molecule has 0 aliphatic heterocycles. The van der Waals surface area contributed by atoms with Crippen molar-refractivity contribution in [2.45, 2.75) is 12.1 Å². The topological polar surface area (TPSA) is 109 Å². The van der Waals surface area contributed by atoms with Gasteiger partial charge in [0.25, 0.3) is 0 Å². The Kier molecular flexibility index (Phi) is 8.92. The van der Waals surface area contributed by atoms with E-state index in [4.69, 9.17) is 14.2 Å². The highest BCUT2D eigenvalue weighted by Crippen LogP contribution is 2.27. The maximum Gasteiger partial charge on any atom is 0.348 e. The molecular formula is C32H29N5O5S. The predicted octanol–water partition coefficient (Wildman–Crippen LogP) is 6.00. The molecule has 0 atom stereocenters. The summed E-state index contributed by atoms with van der Waals surface area (Å²) in [5.74, 6) is 2.63. The Balaban J connectivity index is 1.62. The molecule has 1 aromatic heterocycles. The minimum atomic E-state index is -0.692. The summed E-state index contributed by atoms with van der Waals surface area (Å²) in [5.41, 5.74) is 1.83. The molecular weight excluding hydrogens is 566 g/mol. The molecule has 0 radical (unpaired) electrons. The van der Waals surface area contributed by atoms with Crippen molar-refractivity contribution >= 4 is 23.5 Å². The van der Waals surface area contributed by atoms with Gasteiger partial charge in [-0.2, -0.15) is 9.98 Å². The summed E-state index contributed by atoms with van der Waals surface area (Å²) in [6, 6.07) is 27.9. The van der Waals surface area contributed by atoms with E-state index in [2.05, 4.69) is 15.3 Å². The SMILES string of the molecule is COc1ccc(NC(=O)/N=c2/nc(SC)n(-c3ccc(Oc4ccccc4)c(C)c3)c(=O)n2-c2ccc(OC)cc2)cc1. The van der Waals surface area contributed by atoms with E-state index in [9.17, 15) is 9.59 Å². The third kappa shape index (κ3) is 6.62. The van der Waals surface area contributed by atoms with Crippen molar-refractivity contribution < 1.29 is 19.0 Å². The van der Waals surface area contributed by atoms with Crippen molar-refractivity contribution in [1.29, 1.82) is 0 Å². The quantitative estimate of drug-likeness (QED) is 0.219. The van der Waals surface area contributed by atoms with Crippen LogP contribution in [0.25, 0.3) is 11.4 Å². The number of carbonyl (C=O) groups excluding carboxylic acids is 1. The molecule has 43 heavy (non-hydrogen) atoms. The summed E-state index contributed by atoms with van der Waals surface area (Å²) in [4.78, 5) is 36.1. The fourth-order valence-electron chi connectivity index (χ4n) is 4.26. The molecule has 10 nitrogen and oxygen atoms in total. The summed E-state index contributed by atoms with van der Waals surface area (Å²) < 4.78 is 19.3. The van der Waals surface area contributed by atoms with Crippen LogP contribution in [-0.4, -0.2) is 40.6 Å². The first-order valence-corrected chi connectivity index (χ1v) is 14.4. The van der Waals surface area contributed by atoms with Crippen molar-refractivity contribution in [1.82, 2.24) is 14.1 Å². The van der Waals surface area contributed by atoms with Gasteiger partial charge in [0, 0.05) is 5.69 Å². The van der Waals surface area contributed by atoms with Gasteiger partial charge in [-0.05, 0) is 97.6 Å². The maximum absolute atomic E-state index is 14.2. The van der Waals surface area contributed by atoms with E-state index in [1.165, 1.54) is 20.9 Å². The van der Waals surface area contributed by atoms with Crippen LogP contribution in [-0.2, 0) is 0 Å². The summed E-state index contributed by atoms with van der Waals surface area (Å²) in [7, 11) is 3.12. The standard InChI is InChI=1S/C32H29N5O5S/c1-21-20-24(14-19-28(21)42-27-8-6-5-7-9-27)37-31(43-4)35-29(34-30(38)33-22-10-15-25(40-2)16-11-22)36(32(37)39)23-12-17-26(41-3)18-13-23/h5-20H,1-4H3,(H,33,38)/b34-29-. The van der Waals surface area contributed by atoms with Crippen LogP contribution in [0.15, 0.2) is 112 Å². The summed E-state index contributed by atoms with van der Waals surface area (Å²) in [6.07, 6.45) is 1.80. The van der Waals surface area contributed by atoms with Crippen LogP contribution < -0.4 is 30.8 Å². The number of anilines is 1. The minimum Gasteiger partial charge on any atom is -0.497 e. The monoisotopic (exact) mass is 595 g/mol. The lowest BCUT2D eigenvalue weighted by molar-refractivity contribution is 0.258. The molecule has 0 bridgehead atoms. The third-order valence-corrected chi connectivity index (χ3v) is 7.05. The first kappa shape index (κ1) is 29.2. The zero-order valence-corrected chi connectivity index (χ0v) is 24.8. The number of methoxy groups -OCH3 is 2. The number of nitrogens with zero attached hydrogens (tertiary/aromatic N) is 4. The summed E-state index contributed by atoms with van der Waals surface area (Å²) in [5, 5.41) is 3.06. The molecule has 218 valence electrons. The molecule has 0 spiro atoms. The second-order valence-corrected chi connectivity index (χ2v) is 9.96. The lowest BCUT2D eigenvalue weighted by Gasteiger charge is -2.16. The first-order valence-electron chi connectivity index (χ1n) is 13.2. The van der Waals surface area contributed by atoms with Crippen LogP contribution in [0.3, 0.4) is 0 Å². The molecule has 0 saturated carbocycles. The van der Waals surface area contributed by atoms with Crippen molar-refractivity contribution in [3.63, 3.8) is 0 Å². The molecule has 1 N–H and O–H groups in total. The lowest BCUT2D eigenvalue weighted by atomic mass is 10.2. The van der Waals surface area contributed by atoms with Gasteiger partial charge in [0.2, 0.25) is 5.62 Å². The Bertz CT molecular complexity index is 1870. The number of nitrogens with one attached hydrogen (secondary N) is 1. The summed E-state index contributed by atoms with van der Waals surface area (Å²) >= 11 is 1.26. The van der Waals surface area contributed by atoms with Gasteiger partial charge in [-0.3, -0.25) is 0 Å². The Hall–Kier alpha value is -5.29. The van der Waals surface area contributed by atoms with E-state index >= 15 is 0 Å². The normalized spacial score (nSPS) is 11.2. The number of carbonyl (C=O) groups is 1. The highest BCUT2D eigenvalue weighted by molar-refractivity contribution is 7.98. The van der Waals surface area contributed by atoms with Gasteiger partial charge in [-0.1, -0.05) is 30.0 Å². The average molecular weight is 596 g/mol.